The van der Waals surface area contributed by atoms with E-state index >= 15 is 0 Å². The molecule has 0 fully saturated rings. The van der Waals surface area contributed by atoms with Gasteiger partial charge < -0.3 is 21.1 Å². The van der Waals surface area contributed by atoms with Crippen LogP contribution in [-0.4, -0.2) is 38.6 Å². The van der Waals surface area contributed by atoms with E-state index in [-0.39, 0.29) is 18.9 Å². The zero-order chi connectivity index (χ0) is 14.8. The van der Waals surface area contributed by atoms with Crippen molar-refractivity contribution >= 4 is 11.8 Å². The Hall–Kier alpha value is -2.08. The van der Waals surface area contributed by atoms with Crippen molar-refractivity contribution in [3.05, 3.63) is 29.8 Å². The fourth-order valence-electron chi connectivity index (χ4n) is 1.58. The summed E-state index contributed by atoms with van der Waals surface area (Å²) in [5.74, 6) is -0.0193. The smallest absolute Gasteiger partial charge is 0.248 e. The average molecular weight is 279 g/mol. The summed E-state index contributed by atoms with van der Waals surface area (Å²) in [6.07, 6.45) is 1.17. The predicted octanol–water partition coefficient (Wildman–Crippen LogP) is 0.280. The van der Waals surface area contributed by atoms with Crippen LogP contribution in [0.15, 0.2) is 24.3 Å². The summed E-state index contributed by atoms with van der Waals surface area (Å²) >= 11 is 0. The summed E-state index contributed by atoms with van der Waals surface area (Å²) in [4.78, 5) is 22.5. The maximum atomic E-state index is 11.5. The minimum atomic E-state index is -0.502. The van der Waals surface area contributed by atoms with Gasteiger partial charge in [-0.25, -0.2) is 0 Å². The number of benzene rings is 1. The van der Waals surface area contributed by atoms with Crippen molar-refractivity contribution < 1.29 is 14.3 Å². The Balaban J connectivity index is 2.25. The molecule has 0 heterocycles. The van der Waals surface area contributed by atoms with Gasteiger partial charge >= 0.3 is 0 Å². The van der Waals surface area contributed by atoms with Crippen LogP contribution in [0.1, 0.15) is 23.2 Å². The van der Waals surface area contributed by atoms with E-state index in [4.69, 9.17) is 10.5 Å². The van der Waals surface area contributed by atoms with Crippen LogP contribution in [0.5, 0.6) is 5.75 Å². The van der Waals surface area contributed by atoms with Gasteiger partial charge in [-0.3, -0.25) is 9.59 Å². The molecule has 6 heteroatoms. The minimum absolute atomic E-state index is 0.0489. The van der Waals surface area contributed by atoms with E-state index in [1.54, 1.807) is 24.3 Å². The third-order valence-corrected chi connectivity index (χ3v) is 2.64. The second kappa shape index (κ2) is 8.92. The van der Waals surface area contributed by atoms with E-state index in [1.165, 1.54) is 0 Å². The predicted molar refractivity (Wildman–Crippen MR) is 76.6 cm³/mol. The fraction of sp³-hybridized carbons (Fsp3) is 0.429. The minimum Gasteiger partial charge on any atom is -0.493 e. The van der Waals surface area contributed by atoms with Crippen LogP contribution in [0.2, 0.25) is 0 Å². The molecule has 0 aliphatic rings. The molecule has 1 rings (SSSR count). The Morgan fingerprint density at radius 1 is 1.30 bits per heavy atom. The average Bonchev–Trinajstić information content (AvgIpc) is 2.44. The lowest BCUT2D eigenvalue weighted by Gasteiger charge is -2.08. The number of amides is 2. The Labute approximate surface area is 118 Å². The largest absolute Gasteiger partial charge is 0.493 e. The highest BCUT2D eigenvalue weighted by molar-refractivity contribution is 5.93. The van der Waals surface area contributed by atoms with Crippen molar-refractivity contribution in [3.8, 4) is 5.75 Å². The number of nitrogens with one attached hydrogen (secondary N) is 2. The Morgan fingerprint density at radius 3 is 2.80 bits per heavy atom. The number of ether oxygens (including phenoxy) is 1. The first kappa shape index (κ1) is 16.0. The van der Waals surface area contributed by atoms with Gasteiger partial charge in [-0.2, -0.15) is 0 Å². The summed E-state index contributed by atoms with van der Waals surface area (Å²) in [7, 11) is 1.87. The Bertz CT molecular complexity index is 449. The van der Waals surface area contributed by atoms with E-state index in [9.17, 15) is 9.59 Å². The van der Waals surface area contributed by atoms with Crippen LogP contribution < -0.4 is 21.1 Å². The van der Waals surface area contributed by atoms with Crippen LogP contribution in [-0.2, 0) is 4.79 Å². The molecule has 2 amide bonds. The van der Waals surface area contributed by atoms with E-state index in [0.29, 0.717) is 17.9 Å². The molecule has 0 saturated carbocycles. The maximum absolute atomic E-state index is 11.5. The third kappa shape index (κ3) is 6.19. The SMILES string of the molecule is CNCCCNC(=O)CCOc1cccc(C(N)=O)c1. The molecule has 0 spiro atoms. The van der Waals surface area contributed by atoms with Crippen molar-refractivity contribution in [2.75, 3.05) is 26.7 Å². The molecule has 4 N–H and O–H groups in total. The molecule has 0 bridgehead atoms. The molecule has 0 aliphatic carbocycles. The summed E-state index contributed by atoms with van der Waals surface area (Å²) in [6.45, 7) is 1.79. The first-order chi connectivity index (χ1) is 9.63. The molecule has 20 heavy (non-hydrogen) atoms. The van der Waals surface area contributed by atoms with Crippen molar-refractivity contribution in [2.24, 2.45) is 5.73 Å². The normalized spacial score (nSPS) is 10.1. The molecular formula is C14H21N3O3. The quantitative estimate of drug-likeness (QED) is 0.566. The third-order valence-electron chi connectivity index (χ3n) is 2.64. The van der Waals surface area contributed by atoms with Gasteiger partial charge in [-0.1, -0.05) is 6.07 Å². The van der Waals surface area contributed by atoms with E-state index in [2.05, 4.69) is 10.6 Å². The number of primary amides is 1. The monoisotopic (exact) mass is 279 g/mol. The first-order valence-corrected chi connectivity index (χ1v) is 6.57. The molecule has 0 aromatic heterocycles. The summed E-state index contributed by atoms with van der Waals surface area (Å²) in [5, 5.41) is 5.81. The van der Waals surface area contributed by atoms with E-state index in [0.717, 1.165) is 13.0 Å². The number of carbonyl (C=O) groups excluding carboxylic acids is 2. The summed E-state index contributed by atoms with van der Waals surface area (Å²) in [5.41, 5.74) is 5.56. The molecule has 110 valence electrons. The van der Waals surface area contributed by atoms with Gasteiger partial charge in [-0.05, 0) is 38.2 Å². The number of nitrogens with two attached hydrogens (primary N) is 1. The van der Waals surface area contributed by atoms with Gasteiger partial charge in [0.1, 0.15) is 5.75 Å². The van der Waals surface area contributed by atoms with Crippen molar-refractivity contribution in [2.45, 2.75) is 12.8 Å². The highest BCUT2D eigenvalue weighted by Crippen LogP contribution is 2.12. The molecule has 0 aliphatic heterocycles. The topological polar surface area (TPSA) is 93.4 Å². The Kier molecular flexibility index (Phi) is 7.13. The lowest BCUT2D eigenvalue weighted by Crippen LogP contribution is -2.27. The molecule has 0 atom stereocenters. The molecule has 0 radical (unpaired) electrons. The van der Waals surface area contributed by atoms with Gasteiger partial charge in [0.05, 0.1) is 13.0 Å². The van der Waals surface area contributed by atoms with Gasteiger partial charge in [-0.15, -0.1) is 0 Å². The number of hydrogen-bond donors (Lipinski definition) is 3. The fourth-order valence-corrected chi connectivity index (χ4v) is 1.58. The molecule has 1 aromatic rings. The van der Waals surface area contributed by atoms with Crippen LogP contribution in [0.4, 0.5) is 0 Å². The molecule has 6 nitrogen and oxygen atoms in total. The lowest BCUT2D eigenvalue weighted by molar-refractivity contribution is -0.121. The van der Waals surface area contributed by atoms with Crippen molar-refractivity contribution in [3.63, 3.8) is 0 Å². The van der Waals surface area contributed by atoms with Crippen LogP contribution in [0.25, 0.3) is 0 Å². The zero-order valence-electron chi connectivity index (χ0n) is 11.6. The van der Waals surface area contributed by atoms with Gasteiger partial charge in [0.25, 0.3) is 0 Å². The number of rotatable bonds is 9. The van der Waals surface area contributed by atoms with Crippen molar-refractivity contribution in [1.29, 1.82) is 0 Å². The highest BCUT2D eigenvalue weighted by Gasteiger charge is 2.04. The molecule has 0 saturated heterocycles. The molecule has 1 aromatic carbocycles. The summed E-state index contributed by atoms with van der Waals surface area (Å²) < 4.78 is 5.41. The lowest BCUT2D eigenvalue weighted by atomic mass is 10.2. The van der Waals surface area contributed by atoms with Gasteiger partial charge in [0.15, 0.2) is 0 Å². The van der Waals surface area contributed by atoms with Crippen LogP contribution in [0, 0.1) is 0 Å². The van der Waals surface area contributed by atoms with Crippen molar-refractivity contribution in [1.82, 2.24) is 10.6 Å². The maximum Gasteiger partial charge on any atom is 0.248 e. The van der Waals surface area contributed by atoms with Gasteiger partial charge in [0.2, 0.25) is 11.8 Å². The second-order valence-electron chi connectivity index (χ2n) is 4.30. The molecule has 0 unspecified atom stereocenters. The Morgan fingerprint density at radius 2 is 2.10 bits per heavy atom. The molecular weight excluding hydrogens is 258 g/mol. The number of carbonyl (C=O) groups is 2. The number of hydrogen-bond acceptors (Lipinski definition) is 4. The van der Waals surface area contributed by atoms with Gasteiger partial charge in [0, 0.05) is 12.1 Å². The zero-order valence-corrected chi connectivity index (χ0v) is 11.6. The van der Waals surface area contributed by atoms with Crippen LogP contribution >= 0.6 is 0 Å². The van der Waals surface area contributed by atoms with Crippen LogP contribution in [0.3, 0.4) is 0 Å². The first-order valence-electron chi connectivity index (χ1n) is 6.57. The summed E-state index contributed by atoms with van der Waals surface area (Å²) in [6, 6.07) is 6.58. The highest BCUT2D eigenvalue weighted by atomic mass is 16.5. The van der Waals surface area contributed by atoms with E-state index < -0.39 is 5.91 Å². The van der Waals surface area contributed by atoms with E-state index in [1.807, 2.05) is 7.05 Å². The standard InChI is InChI=1S/C14H21N3O3/c1-16-7-3-8-17-13(18)6-9-20-12-5-2-4-11(10-12)14(15)19/h2,4-5,10,16H,3,6-9H2,1H3,(H2,15,19)(H,17,18). The second-order valence-corrected chi connectivity index (χ2v) is 4.30.